The van der Waals surface area contributed by atoms with Crippen LogP contribution in [0.3, 0.4) is 0 Å². The second-order valence-corrected chi connectivity index (χ2v) is 17.0. The van der Waals surface area contributed by atoms with Crippen molar-refractivity contribution in [3.8, 4) is 34.0 Å². The molecule has 14 rings (SSSR count). The van der Waals surface area contributed by atoms with Gasteiger partial charge in [0.25, 0.3) is 0 Å². The minimum atomic E-state index is 0.715. The predicted octanol–water partition coefficient (Wildman–Crippen LogP) is 15.8. The van der Waals surface area contributed by atoms with E-state index >= 15 is 0 Å². The van der Waals surface area contributed by atoms with Crippen molar-refractivity contribution in [1.29, 1.82) is 0 Å². The van der Waals surface area contributed by atoms with Crippen LogP contribution in [0.25, 0.3) is 132 Å². The zero-order chi connectivity index (χ0) is 41.9. The highest BCUT2D eigenvalue weighted by molar-refractivity contribution is 6.16. The van der Waals surface area contributed by atoms with Gasteiger partial charge in [-0.15, -0.1) is 0 Å². The average Bonchev–Trinajstić information content (AvgIpc) is 3.85. The number of hydrogen-bond acceptors (Lipinski definition) is 2. The van der Waals surface area contributed by atoms with Gasteiger partial charge >= 0.3 is 0 Å². The molecule has 0 unspecified atom stereocenters. The molecule has 0 saturated heterocycles. The van der Waals surface area contributed by atoms with Crippen LogP contribution in [0, 0.1) is 0 Å². The van der Waals surface area contributed by atoms with Crippen molar-refractivity contribution in [1.82, 2.24) is 19.1 Å². The Labute approximate surface area is 367 Å². The first kappa shape index (κ1) is 35.0. The van der Waals surface area contributed by atoms with Crippen molar-refractivity contribution in [3.63, 3.8) is 0 Å². The van der Waals surface area contributed by atoms with Crippen molar-refractivity contribution in [3.05, 3.63) is 218 Å². The molecule has 0 spiro atoms. The van der Waals surface area contributed by atoms with E-state index in [2.05, 4.69) is 228 Å². The van der Waals surface area contributed by atoms with Gasteiger partial charge in [0.2, 0.25) is 0 Å². The standard InChI is InChI=1S/C60H36N4/c1-4-15-42-35-57-52(32-39(42)12-1)49-17-8-10-20-55(49)64(57)46-28-30-50-53-33-40-13-2-3-14-41(40)34-56(53)63(58(50)36-46)45-26-23-38(24-27-45)59-51-18-7-9-19-54(51)61-60(62-59)44-25-29-48-43(31-44)22-21-37-11-5-6-16-47(37)48/h1-36H. The number of rotatable bonds is 4. The lowest BCUT2D eigenvalue weighted by Crippen LogP contribution is -1.98. The Morgan fingerprint density at radius 1 is 0.266 bits per heavy atom. The van der Waals surface area contributed by atoms with Gasteiger partial charge in [-0.25, -0.2) is 9.97 Å². The van der Waals surface area contributed by atoms with E-state index < -0.39 is 0 Å². The average molecular weight is 813 g/mol. The maximum absolute atomic E-state index is 5.32. The maximum Gasteiger partial charge on any atom is 0.160 e. The van der Waals surface area contributed by atoms with E-state index in [0.29, 0.717) is 5.82 Å². The summed E-state index contributed by atoms with van der Waals surface area (Å²) in [7, 11) is 0. The topological polar surface area (TPSA) is 35.6 Å². The minimum Gasteiger partial charge on any atom is -0.309 e. The lowest BCUT2D eigenvalue weighted by atomic mass is 9.99. The second-order valence-electron chi connectivity index (χ2n) is 17.0. The summed E-state index contributed by atoms with van der Waals surface area (Å²) in [6.45, 7) is 0. The summed E-state index contributed by atoms with van der Waals surface area (Å²) < 4.78 is 4.88. The SMILES string of the molecule is c1ccc2cc3c(cc2c1)c1ccccc1n3-c1ccc2c3cc4ccccc4cc3n(-c3ccc(-c4nc(-c5ccc6c(ccc7ccccc76)c5)nc5ccccc45)cc3)c2c1. The van der Waals surface area contributed by atoms with Gasteiger partial charge in [-0.1, -0.05) is 152 Å². The summed E-state index contributed by atoms with van der Waals surface area (Å²) in [5, 5.41) is 15.8. The summed E-state index contributed by atoms with van der Waals surface area (Å²) in [6.07, 6.45) is 0. The lowest BCUT2D eigenvalue weighted by Gasteiger charge is -2.13. The molecule has 3 aromatic heterocycles. The normalized spacial score (nSPS) is 12.1. The van der Waals surface area contributed by atoms with Gasteiger partial charge in [0.15, 0.2) is 5.82 Å². The van der Waals surface area contributed by atoms with Crippen LogP contribution in [-0.2, 0) is 0 Å². The van der Waals surface area contributed by atoms with E-state index in [4.69, 9.17) is 9.97 Å². The largest absolute Gasteiger partial charge is 0.309 e. The molecule has 0 aliphatic rings. The number of nitrogens with zero attached hydrogens (tertiary/aromatic N) is 4. The first-order chi connectivity index (χ1) is 31.7. The fraction of sp³-hybridized carbons (Fsp3) is 0. The van der Waals surface area contributed by atoms with Crippen LogP contribution in [0.2, 0.25) is 0 Å². The summed E-state index contributed by atoms with van der Waals surface area (Å²) in [4.78, 5) is 10.4. The summed E-state index contributed by atoms with van der Waals surface area (Å²) in [6, 6.07) is 79.4. The van der Waals surface area contributed by atoms with Crippen molar-refractivity contribution in [2.24, 2.45) is 0 Å². The van der Waals surface area contributed by atoms with Gasteiger partial charge in [0, 0.05) is 49.4 Å². The zero-order valence-electron chi connectivity index (χ0n) is 34.6. The highest BCUT2D eigenvalue weighted by Crippen LogP contribution is 2.40. The lowest BCUT2D eigenvalue weighted by molar-refractivity contribution is 1.15. The molecule has 64 heavy (non-hydrogen) atoms. The molecule has 0 atom stereocenters. The van der Waals surface area contributed by atoms with E-state index in [1.54, 1.807) is 0 Å². The third kappa shape index (κ3) is 5.23. The van der Waals surface area contributed by atoms with Crippen LogP contribution in [0.15, 0.2) is 218 Å². The Bertz CT molecular complexity index is 4250. The summed E-state index contributed by atoms with van der Waals surface area (Å²) >= 11 is 0. The molecule has 11 aromatic carbocycles. The molecule has 0 aliphatic carbocycles. The smallest absolute Gasteiger partial charge is 0.160 e. The van der Waals surface area contributed by atoms with Gasteiger partial charge in [0.05, 0.1) is 33.3 Å². The van der Waals surface area contributed by atoms with Crippen LogP contribution in [-0.4, -0.2) is 19.1 Å². The number of fused-ring (bicyclic) bond motifs is 12. The fourth-order valence-corrected chi connectivity index (χ4v) is 10.4. The van der Waals surface area contributed by atoms with E-state index in [-0.39, 0.29) is 0 Å². The molecule has 14 aromatic rings. The Balaban J connectivity index is 0.953. The van der Waals surface area contributed by atoms with Crippen molar-refractivity contribution >= 4 is 97.6 Å². The Hall–Kier alpha value is -8.60. The van der Waals surface area contributed by atoms with Gasteiger partial charge in [0.1, 0.15) is 0 Å². The van der Waals surface area contributed by atoms with Crippen LogP contribution in [0.1, 0.15) is 0 Å². The maximum atomic E-state index is 5.32. The van der Waals surface area contributed by atoms with Crippen LogP contribution in [0.4, 0.5) is 0 Å². The van der Waals surface area contributed by atoms with Crippen molar-refractivity contribution in [2.45, 2.75) is 0 Å². The van der Waals surface area contributed by atoms with Crippen LogP contribution >= 0.6 is 0 Å². The zero-order valence-corrected chi connectivity index (χ0v) is 34.6. The molecule has 0 amide bonds. The quantitative estimate of drug-likeness (QED) is 0.166. The Morgan fingerprint density at radius 2 is 0.766 bits per heavy atom. The number of benzene rings is 11. The molecule has 0 bridgehead atoms. The van der Waals surface area contributed by atoms with E-state index in [9.17, 15) is 0 Å². The molecular weight excluding hydrogens is 777 g/mol. The number of para-hydroxylation sites is 2. The summed E-state index contributed by atoms with van der Waals surface area (Å²) in [5.41, 5.74) is 10.8. The molecular formula is C60H36N4. The minimum absolute atomic E-state index is 0.715. The van der Waals surface area contributed by atoms with Gasteiger partial charge in [-0.05, 0) is 110 Å². The van der Waals surface area contributed by atoms with E-state index in [0.717, 1.165) is 44.6 Å². The van der Waals surface area contributed by atoms with Gasteiger partial charge in [-0.3, -0.25) is 0 Å². The Morgan fingerprint density at radius 3 is 1.50 bits per heavy atom. The number of aromatic nitrogens is 4. The van der Waals surface area contributed by atoms with Gasteiger partial charge < -0.3 is 9.13 Å². The van der Waals surface area contributed by atoms with E-state index in [1.165, 1.54) is 81.2 Å². The fourth-order valence-electron chi connectivity index (χ4n) is 10.4. The van der Waals surface area contributed by atoms with Crippen LogP contribution < -0.4 is 0 Å². The second kappa shape index (κ2) is 13.4. The molecule has 0 radical (unpaired) electrons. The highest BCUT2D eigenvalue weighted by Gasteiger charge is 2.19. The molecule has 4 heteroatoms. The molecule has 3 heterocycles. The summed E-state index contributed by atoms with van der Waals surface area (Å²) in [5.74, 6) is 0.715. The Kier molecular flexibility index (Phi) is 7.36. The third-order valence-electron chi connectivity index (χ3n) is 13.4. The van der Waals surface area contributed by atoms with Gasteiger partial charge in [-0.2, -0.15) is 0 Å². The molecule has 0 saturated carbocycles. The molecule has 296 valence electrons. The molecule has 0 fully saturated rings. The van der Waals surface area contributed by atoms with Crippen molar-refractivity contribution < 1.29 is 0 Å². The monoisotopic (exact) mass is 812 g/mol. The molecule has 0 N–H and O–H groups in total. The first-order valence-corrected chi connectivity index (χ1v) is 21.9. The first-order valence-electron chi connectivity index (χ1n) is 21.9. The molecule has 4 nitrogen and oxygen atoms in total. The van der Waals surface area contributed by atoms with Crippen molar-refractivity contribution in [2.75, 3.05) is 0 Å². The van der Waals surface area contributed by atoms with E-state index in [1.807, 2.05) is 0 Å². The number of hydrogen-bond donors (Lipinski definition) is 0. The van der Waals surface area contributed by atoms with Crippen LogP contribution in [0.5, 0.6) is 0 Å². The predicted molar refractivity (Wildman–Crippen MR) is 269 cm³/mol. The molecule has 0 aliphatic heterocycles. The highest BCUT2D eigenvalue weighted by atomic mass is 15.0. The third-order valence-corrected chi connectivity index (χ3v) is 13.4.